The minimum Gasteiger partial charge on any atom is -0.468 e. The molecule has 0 heterocycles. The number of alkyl halides is 1. The molecule has 0 radical (unpaired) electrons. The van der Waals surface area contributed by atoms with E-state index in [0.717, 1.165) is 42.7 Å². The molecule has 4 aromatic rings. The van der Waals surface area contributed by atoms with Crippen molar-refractivity contribution < 1.29 is 48.6 Å². The third kappa shape index (κ3) is 14.3. The van der Waals surface area contributed by atoms with Crippen LogP contribution in [0.3, 0.4) is 0 Å². The van der Waals surface area contributed by atoms with Crippen molar-refractivity contribution in [2.24, 2.45) is 0 Å². The summed E-state index contributed by atoms with van der Waals surface area (Å²) in [7, 11) is 4.88. The number of methoxy groups -OCH3 is 2. The van der Waals surface area contributed by atoms with Crippen LogP contribution in [-0.4, -0.2) is 55.0 Å². The van der Waals surface area contributed by atoms with Crippen LogP contribution < -0.4 is 39.9 Å². The molecule has 0 spiro atoms. The number of esters is 2. The molecule has 0 saturated heterocycles. The second-order valence-corrected chi connectivity index (χ2v) is 15.1. The van der Waals surface area contributed by atoms with Crippen molar-refractivity contribution in [3.8, 4) is 0 Å². The minimum absolute atomic E-state index is 0. The Morgan fingerprint density at radius 2 is 1.11 bits per heavy atom. The third-order valence-electron chi connectivity index (χ3n) is 5.82. The molecule has 0 aliphatic rings. The Morgan fingerprint density at radius 1 is 0.705 bits per heavy atom. The number of ether oxygens (including phenoxy) is 2. The fourth-order valence-corrected chi connectivity index (χ4v) is 6.23. The van der Waals surface area contributed by atoms with E-state index in [4.69, 9.17) is 41.8 Å². The van der Waals surface area contributed by atoms with E-state index in [9.17, 15) is 9.59 Å². The molecule has 4 nitrogen and oxygen atoms in total. The van der Waals surface area contributed by atoms with E-state index in [2.05, 4.69) is 44.9 Å². The van der Waals surface area contributed by atoms with Gasteiger partial charge >= 0.3 is 41.5 Å². The van der Waals surface area contributed by atoms with Gasteiger partial charge in [0.2, 0.25) is 0 Å². The zero-order chi connectivity index (χ0) is 31.8. The van der Waals surface area contributed by atoms with Gasteiger partial charge in [0, 0.05) is 20.5 Å². The van der Waals surface area contributed by atoms with Crippen molar-refractivity contribution in [3.05, 3.63) is 131 Å². The molecule has 0 amide bonds. The van der Waals surface area contributed by atoms with Crippen LogP contribution in [0.5, 0.6) is 0 Å². The zero-order valence-electron chi connectivity index (χ0n) is 25.2. The van der Waals surface area contributed by atoms with E-state index >= 15 is 0 Å². The summed E-state index contributed by atoms with van der Waals surface area (Å²) in [6.45, 7) is 0. The Bertz CT molecular complexity index is 1480. The van der Waals surface area contributed by atoms with Gasteiger partial charge in [0.25, 0.3) is 0 Å². The number of hydrogen-bond acceptors (Lipinski definition) is 8. The number of hydrogen-bond donors (Lipinski definition) is 0. The molecule has 44 heavy (non-hydrogen) atoms. The van der Waals surface area contributed by atoms with Crippen molar-refractivity contribution in [3.63, 3.8) is 0 Å². The second-order valence-electron chi connectivity index (χ2n) is 9.04. The van der Waals surface area contributed by atoms with Gasteiger partial charge in [0.15, 0.2) is 0 Å². The summed E-state index contributed by atoms with van der Waals surface area (Å²) in [5.74, 6) is -0.561. The van der Waals surface area contributed by atoms with Gasteiger partial charge in [0.05, 0.1) is 18.4 Å². The average Bonchev–Trinajstić information content (AvgIpc) is 3.04. The Morgan fingerprint density at radius 3 is 1.52 bits per heavy atom. The summed E-state index contributed by atoms with van der Waals surface area (Å²) in [5, 5.41) is 2.26. The Kier molecular flexibility index (Phi) is 20.3. The van der Waals surface area contributed by atoms with Crippen molar-refractivity contribution in [1.29, 1.82) is 0 Å². The molecule has 0 aromatic heterocycles. The normalized spacial score (nSPS) is 11.2. The summed E-state index contributed by atoms with van der Waals surface area (Å²) in [6.07, 6.45) is 0. The fraction of sp³-hybridized carbons (Fsp3) is 0.125. The van der Waals surface area contributed by atoms with Crippen molar-refractivity contribution in [1.82, 2.24) is 0 Å². The molecular formula is C32H32BrNaO4S4Si2. The second kappa shape index (κ2) is 22.1. The molecule has 4 rings (SSSR count). The van der Waals surface area contributed by atoms with E-state index in [1.165, 1.54) is 36.4 Å². The van der Waals surface area contributed by atoms with E-state index in [1.807, 2.05) is 84.9 Å². The molecular weight excluding hydrogens is 736 g/mol. The smallest absolute Gasteiger partial charge is 0.468 e. The van der Waals surface area contributed by atoms with Gasteiger partial charge < -0.3 is 34.3 Å². The van der Waals surface area contributed by atoms with Crippen molar-refractivity contribution >= 4 is 116 Å². The van der Waals surface area contributed by atoms with Gasteiger partial charge in [-0.15, -0.1) is 4.20 Å². The number of benzene rings is 4. The molecule has 2 unspecified atom stereocenters. The summed E-state index contributed by atoms with van der Waals surface area (Å²) >= 11 is 19.7. The molecule has 224 valence electrons. The number of thioether (sulfide) groups is 1. The topological polar surface area (TPSA) is 52.6 Å². The van der Waals surface area contributed by atoms with Crippen LogP contribution in [0.4, 0.5) is 0 Å². The van der Waals surface area contributed by atoms with Crippen LogP contribution in [0.25, 0.3) is 0 Å². The van der Waals surface area contributed by atoms with Gasteiger partial charge in [-0.2, -0.15) is 0 Å². The molecule has 12 heteroatoms. The number of halogens is 1. The number of thiocarbonyl (C=S) groups is 2. The summed E-state index contributed by atoms with van der Waals surface area (Å²) in [4.78, 5) is 22.7. The van der Waals surface area contributed by atoms with E-state index < -0.39 is 5.25 Å². The monoisotopic (exact) mass is 766 g/mol. The Balaban J connectivity index is 0.000000358. The third-order valence-corrected chi connectivity index (χ3v) is 10.2. The molecule has 0 aliphatic heterocycles. The molecule has 0 fully saturated rings. The SMILES string of the molecule is COC(=O)C(Br)c1ccccc1.COC(=O)C(SC(=S)c1ccc([SiH3])cc1)c1ccccc1.[Na+].[SiH3]c1ccc(C(=S)[S-])cc1. The van der Waals surface area contributed by atoms with Gasteiger partial charge in [-0.25, -0.2) is 0 Å². The first kappa shape index (κ1) is 40.5. The van der Waals surface area contributed by atoms with Crippen LogP contribution >= 0.6 is 52.1 Å². The zero-order valence-corrected chi connectivity index (χ0v) is 36.0. The maximum Gasteiger partial charge on any atom is 1.00 e. The maximum atomic E-state index is 12.0. The van der Waals surface area contributed by atoms with E-state index in [1.54, 1.807) is 0 Å². The van der Waals surface area contributed by atoms with Gasteiger partial charge in [0.1, 0.15) is 10.1 Å². The fourth-order valence-electron chi connectivity index (χ4n) is 3.40. The van der Waals surface area contributed by atoms with Crippen molar-refractivity contribution in [2.75, 3.05) is 14.2 Å². The Hall–Kier alpha value is -1.52. The quantitative estimate of drug-likeness (QED) is 0.0916. The first-order valence-electron chi connectivity index (χ1n) is 13.0. The standard InChI is InChI=1S/C16H16O2S2Si.C9H9BrO2.C7H8S2Si.Na/c1-18-15(17)14(11-5-3-2-4-6-11)20-16(19)12-7-9-13(21)10-8-12;1-12-9(11)8(10)7-5-3-2-4-6-7;8-7(9)5-1-3-6(10)4-2-5;/h2-10,14H,1,21H3;2-6,8H,1H3;1-4H,10H3,(H,8,9);/q;;;+1/p-1. The van der Waals surface area contributed by atoms with Gasteiger partial charge in [-0.05, 0) is 22.3 Å². The van der Waals surface area contributed by atoms with E-state index in [-0.39, 0.29) is 46.3 Å². The summed E-state index contributed by atoms with van der Waals surface area (Å²) in [6, 6.07) is 35.3. The number of rotatable bonds is 7. The molecule has 0 aliphatic carbocycles. The van der Waals surface area contributed by atoms with Crippen LogP contribution in [0.15, 0.2) is 109 Å². The maximum absolute atomic E-state index is 12.0. The van der Waals surface area contributed by atoms with Gasteiger partial charge in [-0.1, -0.05) is 159 Å². The number of carbonyl (C=O) groups excluding carboxylic acids is 2. The minimum atomic E-state index is -0.431. The predicted molar refractivity (Wildman–Crippen MR) is 202 cm³/mol. The van der Waals surface area contributed by atoms with Crippen molar-refractivity contribution in [2.45, 2.75) is 10.1 Å². The summed E-state index contributed by atoms with van der Waals surface area (Å²) < 4.78 is 10.8. The molecule has 4 aromatic carbocycles. The predicted octanol–water partition coefficient (Wildman–Crippen LogP) is 1.20. The summed E-state index contributed by atoms with van der Waals surface area (Å²) in [5.41, 5.74) is 3.77. The molecule has 0 bridgehead atoms. The largest absolute Gasteiger partial charge is 1.00 e. The van der Waals surface area contributed by atoms with Gasteiger partial charge in [-0.3, -0.25) is 9.59 Å². The molecule has 2 atom stereocenters. The number of carbonyl (C=O) groups is 2. The molecule has 0 saturated carbocycles. The Labute approximate surface area is 317 Å². The molecule has 0 N–H and O–H groups in total. The average molecular weight is 768 g/mol. The van der Waals surface area contributed by atoms with Crippen LogP contribution in [0.1, 0.15) is 32.3 Å². The van der Waals surface area contributed by atoms with Crippen LogP contribution in [0.2, 0.25) is 0 Å². The van der Waals surface area contributed by atoms with Crippen LogP contribution in [0, 0.1) is 0 Å². The van der Waals surface area contributed by atoms with E-state index in [0.29, 0.717) is 8.39 Å². The first-order chi connectivity index (χ1) is 20.6. The van der Waals surface area contributed by atoms with Crippen LogP contribution in [-0.2, 0) is 31.7 Å². The first-order valence-corrected chi connectivity index (χ1v) is 18.0.